The molecular formula is C23H29O3P. The fourth-order valence-corrected chi connectivity index (χ4v) is 3.87. The first-order valence-electron chi connectivity index (χ1n) is 9.39. The van der Waals surface area contributed by atoms with E-state index < -0.39 is 0 Å². The third-order valence-electron chi connectivity index (χ3n) is 5.20. The van der Waals surface area contributed by atoms with Crippen molar-refractivity contribution < 1.29 is 14.1 Å². The standard InChI is InChI=1S/C23H29O3P/c1-15-12-17(3)22(18(4)13-15)23(25)20(14-21(24)26-27)16(2)10-11-19-8-6-5-7-9-19/h5-9,12-13,16,20H,10-11,14,27H2,1-4H3. The molecule has 27 heavy (non-hydrogen) atoms. The first-order valence-corrected chi connectivity index (χ1v) is 9.86. The Bertz CT molecular complexity index is 776. The van der Waals surface area contributed by atoms with Crippen LogP contribution in [0.5, 0.6) is 0 Å². The SMILES string of the molecule is Cc1cc(C)c(C(=O)C(CC(=O)OP)C(C)CCc2ccccc2)c(C)c1. The van der Waals surface area contributed by atoms with Crippen molar-refractivity contribution in [2.45, 2.75) is 47.0 Å². The molecule has 0 saturated heterocycles. The molecule has 3 atom stereocenters. The Morgan fingerprint density at radius 1 is 1.04 bits per heavy atom. The maximum atomic E-state index is 13.4. The highest BCUT2D eigenvalue weighted by molar-refractivity contribution is 7.10. The van der Waals surface area contributed by atoms with E-state index in [1.54, 1.807) is 0 Å². The number of ketones is 1. The molecule has 4 heteroatoms. The van der Waals surface area contributed by atoms with Crippen LogP contribution >= 0.6 is 9.47 Å². The fourth-order valence-electron chi connectivity index (χ4n) is 3.77. The molecule has 0 fully saturated rings. The van der Waals surface area contributed by atoms with Gasteiger partial charge in [0, 0.05) is 11.5 Å². The fraction of sp³-hybridized carbons (Fsp3) is 0.391. The molecule has 2 aromatic rings. The molecule has 0 amide bonds. The number of carbonyl (C=O) groups excluding carboxylic acids is 2. The molecule has 0 saturated carbocycles. The summed E-state index contributed by atoms with van der Waals surface area (Å²) < 4.78 is 4.78. The summed E-state index contributed by atoms with van der Waals surface area (Å²) in [5, 5.41) is 0. The Labute approximate surface area is 164 Å². The normalized spacial score (nSPS) is 13.1. The van der Waals surface area contributed by atoms with Crippen LogP contribution in [0.25, 0.3) is 0 Å². The van der Waals surface area contributed by atoms with E-state index in [0.717, 1.165) is 35.1 Å². The number of hydrogen-bond acceptors (Lipinski definition) is 3. The van der Waals surface area contributed by atoms with Gasteiger partial charge in [0.15, 0.2) is 5.78 Å². The second-order valence-corrected chi connectivity index (χ2v) is 7.68. The van der Waals surface area contributed by atoms with Crippen molar-refractivity contribution in [2.75, 3.05) is 0 Å². The number of rotatable bonds is 8. The van der Waals surface area contributed by atoms with E-state index in [1.165, 1.54) is 5.56 Å². The van der Waals surface area contributed by atoms with Gasteiger partial charge in [-0.05, 0) is 56.2 Å². The van der Waals surface area contributed by atoms with Crippen LogP contribution in [0.1, 0.15) is 52.4 Å². The number of Topliss-reactive ketones (excluding diaryl/α,β-unsaturated/α-hetero) is 1. The van der Waals surface area contributed by atoms with Gasteiger partial charge in [0.2, 0.25) is 0 Å². The molecule has 144 valence electrons. The maximum Gasteiger partial charge on any atom is 0.308 e. The molecule has 0 aliphatic carbocycles. The molecule has 0 aliphatic rings. The molecule has 0 spiro atoms. The van der Waals surface area contributed by atoms with Crippen LogP contribution in [0.15, 0.2) is 42.5 Å². The summed E-state index contributed by atoms with van der Waals surface area (Å²) in [4.78, 5) is 25.4. The zero-order chi connectivity index (χ0) is 20.0. The predicted molar refractivity (Wildman–Crippen MR) is 113 cm³/mol. The number of carbonyl (C=O) groups is 2. The van der Waals surface area contributed by atoms with Gasteiger partial charge in [-0.3, -0.25) is 9.59 Å². The molecule has 0 aromatic heterocycles. The van der Waals surface area contributed by atoms with Crippen molar-refractivity contribution in [1.29, 1.82) is 0 Å². The van der Waals surface area contributed by atoms with Crippen molar-refractivity contribution in [1.82, 2.24) is 0 Å². The van der Waals surface area contributed by atoms with Gasteiger partial charge in [-0.1, -0.05) is 55.0 Å². The van der Waals surface area contributed by atoms with Gasteiger partial charge >= 0.3 is 5.97 Å². The van der Waals surface area contributed by atoms with E-state index >= 15 is 0 Å². The molecule has 0 aliphatic heterocycles. The van der Waals surface area contributed by atoms with Gasteiger partial charge < -0.3 is 4.52 Å². The lowest BCUT2D eigenvalue weighted by atomic mass is 9.79. The highest BCUT2D eigenvalue weighted by atomic mass is 31.0. The molecule has 0 bridgehead atoms. The van der Waals surface area contributed by atoms with E-state index in [9.17, 15) is 9.59 Å². The van der Waals surface area contributed by atoms with E-state index in [0.29, 0.717) is 0 Å². The van der Waals surface area contributed by atoms with Crippen LogP contribution < -0.4 is 0 Å². The van der Waals surface area contributed by atoms with Crippen molar-refractivity contribution in [3.8, 4) is 0 Å². The lowest BCUT2D eigenvalue weighted by molar-refractivity contribution is -0.134. The molecular weight excluding hydrogens is 355 g/mol. The monoisotopic (exact) mass is 384 g/mol. The Hall–Kier alpha value is -1.99. The van der Waals surface area contributed by atoms with Crippen LogP contribution in [0, 0.1) is 32.6 Å². The molecule has 3 nitrogen and oxygen atoms in total. The smallest absolute Gasteiger partial charge is 0.308 e. The first-order chi connectivity index (χ1) is 12.8. The van der Waals surface area contributed by atoms with Crippen LogP contribution in [-0.4, -0.2) is 11.8 Å². The van der Waals surface area contributed by atoms with Crippen molar-refractivity contribution in [3.05, 3.63) is 70.3 Å². The molecule has 2 aromatic carbocycles. The van der Waals surface area contributed by atoms with Crippen LogP contribution in [-0.2, 0) is 15.7 Å². The van der Waals surface area contributed by atoms with Gasteiger partial charge in [-0.2, -0.15) is 0 Å². The van der Waals surface area contributed by atoms with Gasteiger partial charge in [-0.15, -0.1) is 0 Å². The van der Waals surface area contributed by atoms with Crippen LogP contribution in [0.4, 0.5) is 0 Å². The summed E-state index contributed by atoms with van der Waals surface area (Å²) in [7, 11) is 1.99. The molecule has 0 radical (unpaired) electrons. The summed E-state index contributed by atoms with van der Waals surface area (Å²) in [6, 6.07) is 14.3. The van der Waals surface area contributed by atoms with Gasteiger partial charge in [0.25, 0.3) is 0 Å². The molecule has 0 heterocycles. The third kappa shape index (κ3) is 5.74. The number of aryl methyl sites for hydroxylation is 4. The minimum Gasteiger partial charge on any atom is -0.451 e. The number of benzene rings is 2. The molecule has 0 N–H and O–H groups in total. The van der Waals surface area contributed by atoms with Crippen molar-refractivity contribution in [3.63, 3.8) is 0 Å². The Kier molecular flexibility index (Phi) is 7.74. The van der Waals surface area contributed by atoms with E-state index in [-0.39, 0.29) is 30.0 Å². The summed E-state index contributed by atoms with van der Waals surface area (Å²) in [6.07, 6.45) is 1.83. The van der Waals surface area contributed by atoms with Gasteiger partial charge in [-0.25, -0.2) is 0 Å². The lowest BCUT2D eigenvalue weighted by Gasteiger charge is -2.24. The van der Waals surface area contributed by atoms with Gasteiger partial charge in [0.1, 0.15) is 0 Å². The Balaban J connectivity index is 2.25. The van der Waals surface area contributed by atoms with Crippen LogP contribution in [0.3, 0.4) is 0 Å². The highest BCUT2D eigenvalue weighted by Crippen LogP contribution is 2.29. The summed E-state index contributed by atoms with van der Waals surface area (Å²) in [6.45, 7) is 8.01. The van der Waals surface area contributed by atoms with E-state index in [4.69, 9.17) is 4.52 Å². The summed E-state index contributed by atoms with van der Waals surface area (Å²) in [5.74, 6) is -0.642. The van der Waals surface area contributed by atoms with Gasteiger partial charge in [0.05, 0.1) is 15.9 Å². The minimum absolute atomic E-state index is 0.0426. The molecule has 2 rings (SSSR count). The average molecular weight is 384 g/mol. The van der Waals surface area contributed by atoms with E-state index in [2.05, 4.69) is 19.1 Å². The third-order valence-corrected chi connectivity index (χ3v) is 5.46. The topological polar surface area (TPSA) is 43.4 Å². The molecule has 3 unspecified atom stereocenters. The second-order valence-electron chi connectivity index (χ2n) is 7.44. The summed E-state index contributed by atoms with van der Waals surface area (Å²) >= 11 is 0. The lowest BCUT2D eigenvalue weighted by Crippen LogP contribution is -2.27. The predicted octanol–water partition coefficient (Wildman–Crippen LogP) is 5.40. The highest BCUT2D eigenvalue weighted by Gasteiger charge is 2.30. The second kappa shape index (κ2) is 9.80. The average Bonchev–Trinajstić information content (AvgIpc) is 2.63. The zero-order valence-electron chi connectivity index (χ0n) is 16.6. The van der Waals surface area contributed by atoms with E-state index in [1.807, 2.05) is 60.6 Å². The van der Waals surface area contributed by atoms with Crippen molar-refractivity contribution in [2.24, 2.45) is 11.8 Å². The minimum atomic E-state index is -0.387. The Morgan fingerprint density at radius 3 is 2.19 bits per heavy atom. The number of hydrogen-bond donors (Lipinski definition) is 0. The first kappa shape index (κ1) is 21.3. The zero-order valence-corrected chi connectivity index (χ0v) is 17.8. The van der Waals surface area contributed by atoms with Crippen molar-refractivity contribution >= 4 is 21.2 Å². The summed E-state index contributed by atoms with van der Waals surface area (Å²) in [5.41, 5.74) is 5.06. The quantitative estimate of drug-likeness (QED) is 0.452. The Morgan fingerprint density at radius 2 is 1.63 bits per heavy atom. The van der Waals surface area contributed by atoms with Crippen LogP contribution in [0.2, 0.25) is 0 Å². The largest absolute Gasteiger partial charge is 0.451 e. The maximum absolute atomic E-state index is 13.4.